The number of hydrogen-bond donors (Lipinski definition) is 3. The van der Waals surface area contributed by atoms with Gasteiger partial charge in [0.15, 0.2) is 12.1 Å². The molecule has 0 radical (unpaired) electrons. The Hall–Kier alpha value is -5.52. The molecule has 280 valence electrons. The Morgan fingerprint density at radius 1 is 0.727 bits per heavy atom. The van der Waals surface area contributed by atoms with E-state index < -0.39 is 12.3 Å². The zero-order valence-electron chi connectivity index (χ0n) is 30.3. The van der Waals surface area contributed by atoms with Crippen LogP contribution in [0.5, 0.6) is 0 Å². The summed E-state index contributed by atoms with van der Waals surface area (Å²) in [7, 11) is 0. The molecule has 0 bridgehead atoms. The van der Waals surface area contributed by atoms with E-state index in [0.29, 0.717) is 17.5 Å². The van der Waals surface area contributed by atoms with Crippen molar-refractivity contribution in [1.82, 2.24) is 10.3 Å². The number of hydrogen-bond acceptors (Lipinski definition) is 8. The smallest absolute Gasteiger partial charge is 0.303 e. The normalized spacial score (nSPS) is 18.1. The van der Waals surface area contributed by atoms with Crippen LogP contribution in [0.1, 0.15) is 54.4 Å². The van der Waals surface area contributed by atoms with Gasteiger partial charge in [-0.3, -0.25) is 9.59 Å². The first-order valence-corrected chi connectivity index (χ1v) is 19.3. The van der Waals surface area contributed by atoms with E-state index in [9.17, 15) is 14.7 Å². The fraction of sp³-hybridized carbons (Fsp3) is 0.222. The molecule has 1 aromatic heterocycles. The number of oxazole rings is 1. The van der Waals surface area contributed by atoms with Crippen molar-refractivity contribution < 1.29 is 33.7 Å². The molecule has 4 atom stereocenters. The van der Waals surface area contributed by atoms with Gasteiger partial charge in [0.05, 0.1) is 25.2 Å². The highest BCUT2D eigenvalue weighted by atomic mass is 32.2. The quantitative estimate of drug-likeness (QED) is 0.0932. The molecule has 0 aliphatic carbocycles. The minimum Gasteiger partial charge on any atom is -0.481 e. The number of nitrogens with one attached hydrogen (secondary N) is 1. The number of thioether (sulfide) groups is 1. The summed E-state index contributed by atoms with van der Waals surface area (Å²) in [6, 6.07) is 43.9. The van der Waals surface area contributed by atoms with Crippen LogP contribution in [-0.2, 0) is 32.2 Å². The molecule has 2 heterocycles. The number of carboxylic acid groups (broad SMARTS) is 1. The molecule has 10 heteroatoms. The van der Waals surface area contributed by atoms with E-state index in [1.807, 2.05) is 133 Å². The third-order valence-corrected chi connectivity index (χ3v) is 10.6. The van der Waals surface area contributed by atoms with Crippen molar-refractivity contribution in [1.29, 1.82) is 0 Å². The van der Waals surface area contributed by atoms with Crippen molar-refractivity contribution in [3.8, 4) is 33.7 Å². The minimum absolute atomic E-state index is 0.0208. The monoisotopic (exact) mass is 754 g/mol. The van der Waals surface area contributed by atoms with E-state index in [4.69, 9.17) is 24.0 Å². The fourth-order valence-corrected chi connectivity index (χ4v) is 7.59. The van der Waals surface area contributed by atoms with Gasteiger partial charge in [-0.15, -0.1) is 0 Å². The van der Waals surface area contributed by atoms with Crippen LogP contribution >= 0.6 is 11.8 Å². The number of aliphatic carboxylic acids is 1. The molecule has 0 saturated carbocycles. The van der Waals surface area contributed by atoms with Crippen LogP contribution in [0.2, 0.25) is 0 Å². The maximum atomic E-state index is 12.1. The first-order chi connectivity index (χ1) is 26.8. The van der Waals surface area contributed by atoms with Gasteiger partial charge < -0.3 is 29.4 Å². The highest BCUT2D eigenvalue weighted by Gasteiger charge is 2.38. The van der Waals surface area contributed by atoms with Crippen molar-refractivity contribution in [3.05, 3.63) is 156 Å². The van der Waals surface area contributed by atoms with Crippen molar-refractivity contribution in [2.75, 3.05) is 5.75 Å². The number of benzene rings is 5. The van der Waals surface area contributed by atoms with Gasteiger partial charge in [-0.25, -0.2) is 4.98 Å². The molecule has 7 rings (SSSR count). The predicted octanol–water partition coefficient (Wildman–Crippen LogP) is 9.23. The van der Waals surface area contributed by atoms with Crippen molar-refractivity contribution in [3.63, 3.8) is 0 Å². The zero-order chi connectivity index (χ0) is 38.1. The second-order valence-electron chi connectivity index (χ2n) is 13.5. The first kappa shape index (κ1) is 37.8. The lowest BCUT2D eigenvalue weighted by atomic mass is 9.91. The molecule has 1 aliphatic rings. The summed E-state index contributed by atoms with van der Waals surface area (Å²) in [4.78, 5) is 27.8. The van der Waals surface area contributed by atoms with Gasteiger partial charge in [0.2, 0.25) is 5.91 Å². The van der Waals surface area contributed by atoms with Crippen LogP contribution < -0.4 is 5.32 Å². The first-order valence-electron chi connectivity index (χ1n) is 18.3. The van der Waals surface area contributed by atoms with E-state index in [-0.39, 0.29) is 43.5 Å². The van der Waals surface area contributed by atoms with E-state index in [1.165, 1.54) is 11.8 Å². The molecular weight excluding hydrogens is 713 g/mol. The molecule has 9 nitrogen and oxygen atoms in total. The van der Waals surface area contributed by atoms with Gasteiger partial charge in [-0.05, 0) is 33.9 Å². The Kier molecular flexibility index (Phi) is 12.2. The summed E-state index contributed by atoms with van der Waals surface area (Å²) in [5, 5.41) is 21.9. The number of rotatable bonds is 14. The Morgan fingerprint density at radius 3 is 2.09 bits per heavy atom. The molecule has 6 aromatic rings. The molecule has 55 heavy (non-hydrogen) atoms. The van der Waals surface area contributed by atoms with Crippen molar-refractivity contribution in [2.45, 2.75) is 56.6 Å². The van der Waals surface area contributed by atoms with Crippen molar-refractivity contribution in [2.24, 2.45) is 5.92 Å². The standard InChI is InChI=1S/C45H42N2O7S/c1-29-38(28-55-45-47-41(33-10-4-2-5-11-33)43(54-45)34-12-6-3-7-13-34)52-44(53-42(29)35-17-15-30(27-48)16-18-35)36-21-19-32(20-22-36)37-14-8-9-31(25-37)26-46-39(49)23-24-40(50)51/h2-22,25,29,38,42,44,48H,23-24,26-28H2,1H3,(H,46,49)(H,50,51)/t29-,38+,42+,44+/m1/s1. The molecular formula is C45H42N2O7S. The number of carbonyl (C=O) groups is 2. The number of nitrogens with zero attached hydrogens (tertiary/aromatic N) is 1. The van der Waals surface area contributed by atoms with Crippen molar-refractivity contribution >= 4 is 23.6 Å². The summed E-state index contributed by atoms with van der Waals surface area (Å²) in [5.74, 6) is -0.0177. The largest absolute Gasteiger partial charge is 0.481 e. The molecule has 1 saturated heterocycles. The van der Waals surface area contributed by atoms with Crippen LogP contribution in [-0.4, -0.2) is 38.9 Å². The number of aromatic nitrogens is 1. The van der Waals surface area contributed by atoms with Crippen LogP contribution in [0, 0.1) is 5.92 Å². The third-order valence-electron chi connectivity index (χ3n) is 9.68. The number of aliphatic hydroxyl groups excluding tert-OH is 1. The van der Waals surface area contributed by atoms with E-state index in [0.717, 1.165) is 56.0 Å². The van der Waals surface area contributed by atoms with Gasteiger partial charge in [-0.1, -0.05) is 146 Å². The van der Waals surface area contributed by atoms with E-state index in [1.54, 1.807) is 0 Å². The van der Waals surface area contributed by atoms with Crippen LogP contribution in [0.4, 0.5) is 0 Å². The van der Waals surface area contributed by atoms with Gasteiger partial charge in [0.25, 0.3) is 5.22 Å². The Bertz CT molecular complexity index is 2130. The van der Waals surface area contributed by atoms with Crippen LogP contribution in [0.25, 0.3) is 33.7 Å². The lowest BCUT2D eigenvalue weighted by Gasteiger charge is -2.41. The maximum absolute atomic E-state index is 12.1. The summed E-state index contributed by atoms with van der Waals surface area (Å²) in [5.41, 5.74) is 8.32. The molecule has 0 spiro atoms. The molecule has 5 aromatic carbocycles. The zero-order valence-corrected chi connectivity index (χ0v) is 31.2. The Labute approximate surface area is 324 Å². The highest BCUT2D eigenvalue weighted by Crippen LogP contribution is 2.44. The van der Waals surface area contributed by atoms with Gasteiger partial charge in [0.1, 0.15) is 5.69 Å². The Morgan fingerprint density at radius 2 is 1.40 bits per heavy atom. The molecule has 1 amide bonds. The molecule has 1 fully saturated rings. The topological polar surface area (TPSA) is 131 Å². The number of carboxylic acids is 1. The highest BCUT2D eigenvalue weighted by molar-refractivity contribution is 7.99. The predicted molar refractivity (Wildman–Crippen MR) is 212 cm³/mol. The average molecular weight is 755 g/mol. The van der Waals surface area contributed by atoms with E-state index >= 15 is 0 Å². The fourth-order valence-electron chi connectivity index (χ4n) is 6.61. The number of aliphatic hydroxyl groups is 1. The van der Waals surface area contributed by atoms with Gasteiger partial charge in [-0.2, -0.15) is 0 Å². The second kappa shape index (κ2) is 17.7. The maximum Gasteiger partial charge on any atom is 0.303 e. The summed E-state index contributed by atoms with van der Waals surface area (Å²) < 4.78 is 19.9. The number of carbonyl (C=O) groups excluding carboxylic acids is 1. The Balaban J connectivity index is 1.10. The summed E-state index contributed by atoms with van der Waals surface area (Å²) >= 11 is 1.52. The van der Waals surface area contributed by atoms with Crippen LogP contribution in [0.15, 0.2) is 143 Å². The molecule has 0 unspecified atom stereocenters. The lowest BCUT2D eigenvalue weighted by Crippen LogP contribution is -2.38. The minimum atomic E-state index is -0.998. The summed E-state index contributed by atoms with van der Waals surface area (Å²) in [6.07, 6.45) is -1.40. The number of ether oxygens (including phenoxy) is 2. The third kappa shape index (κ3) is 9.41. The van der Waals surface area contributed by atoms with Crippen LogP contribution in [0.3, 0.4) is 0 Å². The molecule has 1 aliphatic heterocycles. The van der Waals surface area contributed by atoms with E-state index in [2.05, 4.69) is 12.2 Å². The molecule has 3 N–H and O–H groups in total. The second-order valence-corrected chi connectivity index (χ2v) is 14.5. The number of amides is 1. The lowest BCUT2D eigenvalue weighted by molar-refractivity contribution is -0.268. The SMILES string of the molecule is C[C@@H]1[C@H](CSc2nc(-c3ccccc3)c(-c3ccccc3)o2)O[C@H](c2ccc(-c3cccc(CNC(=O)CCC(=O)O)c3)cc2)O[C@@H]1c1ccc(CO)cc1. The average Bonchev–Trinajstić information content (AvgIpc) is 3.67. The van der Waals surface area contributed by atoms with Gasteiger partial charge >= 0.3 is 5.97 Å². The van der Waals surface area contributed by atoms with Gasteiger partial charge in [0, 0.05) is 41.3 Å². The summed E-state index contributed by atoms with van der Waals surface area (Å²) in [6.45, 7) is 2.41.